The first-order valence-corrected chi connectivity index (χ1v) is 5.23. The first kappa shape index (κ1) is 11.3. The van der Waals surface area contributed by atoms with Gasteiger partial charge in [0.2, 0.25) is 0 Å². The van der Waals surface area contributed by atoms with Crippen molar-refractivity contribution in [2.24, 2.45) is 0 Å². The van der Waals surface area contributed by atoms with Crippen molar-refractivity contribution in [1.29, 1.82) is 0 Å². The monoisotopic (exact) mass is 196 g/mol. The molecule has 0 aliphatic heterocycles. The molecule has 0 aliphatic rings. The van der Waals surface area contributed by atoms with E-state index in [0.29, 0.717) is 0 Å². The van der Waals surface area contributed by atoms with Crippen LogP contribution in [0.1, 0.15) is 25.2 Å². The Morgan fingerprint density at radius 1 is 1.36 bits per heavy atom. The first-order valence-electron chi connectivity index (χ1n) is 5.23. The third-order valence-electron chi connectivity index (χ3n) is 2.36. The lowest BCUT2D eigenvalue weighted by atomic mass is 10.3. The summed E-state index contributed by atoms with van der Waals surface area (Å²) in [5, 5.41) is 3.11. The van der Waals surface area contributed by atoms with Gasteiger partial charge in [0.1, 0.15) is 5.76 Å². The van der Waals surface area contributed by atoms with Gasteiger partial charge in [-0.2, -0.15) is 0 Å². The molecule has 0 bridgehead atoms. The normalized spacial score (nSPS) is 11.1. The van der Waals surface area contributed by atoms with Crippen LogP contribution in [0.3, 0.4) is 0 Å². The van der Waals surface area contributed by atoms with E-state index in [1.807, 2.05) is 13.3 Å². The molecule has 3 heteroatoms. The van der Waals surface area contributed by atoms with E-state index < -0.39 is 0 Å². The van der Waals surface area contributed by atoms with E-state index in [4.69, 9.17) is 4.42 Å². The fourth-order valence-corrected chi connectivity index (χ4v) is 1.47. The maximum absolute atomic E-state index is 5.47. The van der Waals surface area contributed by atoms with Gasteiger partial charge in [-0.15, -0.1) is 0 Å². The lowest BCUT2D eigenvalue weighted by Crippen LogP contribution is -2.21. The minimum absolute atomic E-state index is 0.877. The second-order valence-corrected chi connectivity index (χ2v) is 3.41. The first-order chi connectivity index (χ1) is 6.80. The highest BCUT2D eigenvalue weighted by Crippen LogP contribution is 2.10. The van der Waals surface area contributed by atoms with Crippen LogP contribution in [0, 0.1) is 0 Å². The molecule has 1 aromatic heterocycles. The highest BCUT2D eigenvalue weighted by Gasteiger charge is 2.05. The quantitative estimate of drug-likeness (QED) is 0.752. The largest absolute Gasteiger partial charge is 0.468 e. The molecule has 80 valence electrons. The van der Waals surface area contributed by atoms with Gasteiger partial charge in [-0.25, -0.2) is 0 Å². The molecule has 0 atom stereocenters. The van der Waals surface area contributed by atoms with Crippen LogP contribution in [0.25, 0.3) is 0 Å². The zero-order chi connectivity index (χ0) is 10.4. The summed E-state index contributed by atoms with van der Waals surface area (Å²) in [6, 6.07) is 2.12. The Bertz CT molecular complexity index is 254. The number of nitrogens with zero attached hydrogens (tertiary/aromatic N) is 1. The summed E-state index contributed by atoms with van der Waals surface area (Å²) in [6.45, 7) is 8.26. The van der Waals surface area contributed by atoms with Gasteiger partial charge in [0, 0.05) is 12.1 Å². The van der Waals surface area contributed by atoms with Gasteiger partial charge in [-0.1, -0.05) is 13.8 Å². The highest BCUT2D eigenvalue weighted by molar-refractivity contribution is 5.12. The minimum atomic E-state index is 0.877. The molecule has 1 rings (SSSR count). The Morgan fingerprint density at radius 2 is 2.07 bits per heavy atom. The van der Waals surface area contributed by atoms with Crippen LogP contribution in [0.2, 0.25) is 0 Å². The van der Waals surface area contributed by atoms with E-state index in [2.05, 4.69) is 30.1 Å². The number of nitrogens with one attached hydrogen (secondary N) is 1. The Morgan fingerprint density at radius 3 is 2.64 bits per heavy atom. The second kappa shape index (κ2) is 5.83. The standard InChI is InChI=1S/C11H20N2O/c1-4-13(5-2)8-11-6-10(7-12-3)9-14-11/h6,9,12H,4-5,7-8H2,1-3H3. The van der Waals surface area contributed by atoms with Gasteiger partial charge >= 0.3 is 0 Å². The van der Waals surface area contributed by atoms with Crippen LogP contribution in [0.4, 0.5) is 0 Å². The molecule has 0 amide bonds. The number of hydrogen-bond donors (Lipinski definition) is 1. The summed E-state index contributed by atoms with van der Waals surface area (Å²) in [5.41, 5.74) is 1.22. The van der Waals surface area contributed by atoms with E-state index in [1.165, 1.54) is 5.56 Å². The molecule has 0 aliphatic carbocycles. The molecule has 1 heterocycles. The molecule has 1 N–H and O–H groups in total. The van der Waals surface area contributed by atoms with Gasteiger partial charge in [0.15, 0.2) is 0 Å². The van der Waals surface area contributed by atoms with Gasteiger partial charge in [-0.3, -0.25) is 4.90 Å². The molecule has 0 saturated heterocycles. The van der Waals surface area contributed by atoms with Crippen molar-refractivity contribution in [1.82, 2.24) is 10.2 Å². The van der Waals surface area contributed by atoms with Crippen LogP contribution in [0.5, 0.6) is 0 Å². The fraction of sp³-hybridized carbons (Fsp3) is 0.636. The Labute approximate surface area is 86.1 Å². The van der Waals surface area contributed by atoms with Crippen molar-refractivity contribution < 1.29 is 4.42 Å². The number of rotatable bonds is 6. The molecular formula is C11H20N2O. The van der Waals surface area contributed by atoms with E-state index >= 15 is 0 Å². The molecule has 3 nitrogen and oxygen atoms in total. The molecule has 14 heavy (non-hydrogen) atoms. The topological polar surface area (TPSA) is 28.4 Å². The third kappa shape index (κ3) is 3.16. The van der Waals surface area contributed by atoms with Crippen LogP contribution in [0.15, 0.2) is 16.7 Å². The van der Waals surface area contributed by atoms with Gasteiger partial charge < -0.3 is 9.73 Å². The van der Waals surface area contributed by atoms with E-state index in [-0.39, 0.29) is 0 Å². The van der Waals surface area contributed by atoms with Crippen molar-refractivity contribution in [3.05, 3.63) is 23.7 Å². The second-order valence-electron chi connectivity index (χ2n) is 3.41. The van der Waals surface area contributed by atoms with Crippen molar-refractivity contribution in [2.45, 2.75) is 26.9 Å². The average Bonchev–Trinajstić information content (AvgIpc) is 2.63. The third-order valence-corrected chi connectivity index (χ3v) is 2.36. The van der Waals surface area contributed by atoms with Gasteiger partial charge in [-0.05, 0) is 26.2 Å². The SMILES string of the molecule is CCN(CC)Cc1cc(CNC)co1. The maximum Gasteiger partial charge on any atom is 0.118 e. The maximum atomic E-state index is 5.47. The molecule has 1 aromatic rings. The summed E-state index contributed by atoms with van der Waals surface area (Å²) in [4.78, 5) is 2.34. The van der Waals surface area contributed by atoms with E-state index in [0.717, 1.165) is 31.9 Å². The summed E-state index contributed by atoms with van der Waals surface area (Å²) in [7, 11) is 1.94. The van der Waals surface area contributed by atoms with Crippen molar-refractivity contribution >= 4 is 0 Å². The van der Waals surface area contributed by atoms with E-state index in [1.54, 1.807) is 0 Å². The van der Waals surface area contributed by atoms with Crippen molar-refractivity contribution in [3.63, 3.8) is 0 Å². The van der Waals surface area contributed by atoms with Crippen LogP contribution in [-0.2, 0) is 13.1 Å². The van der Waals surface area contributed by atoms with Gasteiger partial charge in [0.25, 0.3) is 0 Å². The predicted octanol–water partition coefficient (Wildman–Crippen LogP) is 1.84. The molecule has 0 spiro atoms. The zero-order valence-corrected chi connectivity index (χ0v) is 9.34. The Balaban J connectivity index is 2.49. The van der Waals surface area contributed by atoms with E-state index in [9.17, 15) is 0 Å². The van der Waals surface area contributed by atoms with Crippen LogP contribution < -0.4 is 5.32 Å². The average molecular weight is 196 g/mol. The lowest BCUT2D eigenvalue weighted by Gasteiger charge is -2.15. The summed E-state index contributed by atoms with van der Waals surface area (Å²) in [5.74, 6) is 1.05. The molecule has 0 radical (unpaired) electrons. The molecule has 0 fully saturated rings. The fourth-order valence-electron chi connectivity index (χ4n) is 1.47. The Hall–Kier alpha value is -0.800. The lowest BCUT2D eigenvalue weighted by molar-refractivity contribution is 0.269. The molecule has 0 unspecified atom stereocenters. The molecule has 0 aromatic carbocycles. The minimum Gasteiger partial charge on any atom is -0.468 e. The van der Waals surface area contributed by atoms with Crippen LogP contribution in [-0.4, -0.2) is 25.0 Å². The summed E-state index contributed by atoms with van der Waals surface area (Å²) < 4.78 is 5.47. The smallest absolute Gasteiger partial charge is 0.118 e. The van der Waals surface area contributed by atoms with Crippen molar-refractivity contribution in [2.75, 3.05) is 20.1 Å². The summed E-state index contributed by atoms with van der Waals surface area (Å²) >= 11 is 0. The highest BCUT2D eigenvalue weighted by atomic mass is 16.3. The predicted molar refractivity (Wildman–Crippen MR) is 58.1 cm³/mol. The van der Waals surface area contributed by atoms with Crippen molar-refractivity contribution in [3.8, 4) is 0 Å². The Kier molecular flexibility index (Phi) is 4.70. The molecular weight excluding hydrogens is 176 g/mol. The molecule has 0 saturated carbocycles. The number of hydrogen-bond acceptors (Lipinski definition) is 3. The summed E-state index contributed by atoms with van der Waals surface area (Å²) in [6.07, 6.45) is 1.83. The number of furan rings is 1. The van der Waals surface area contributed by atoms with Gasteiger partial charge in [0.05, 0.1) is 12.8 Å². The zero-order valence-electron chi connectivity index (χ0n) is 9.34. The van der Waals surface area contributed by atoms with Crippen LogP contribution >= 0.6 is 0 Å².